The molecule has 0 aliphatic heterocycles. The molecule has 2 N–H and O–H groups in total. The zero-order valence-corrected chi connectivity index (χ0v) is 16.5. The highest BCUT2D eigenvalue weighted by Gasteiger charge is 2.39. The Labute approximate surface area is 156 Å². The van der Waals surface area contributed by atoms with Crippen molar-refractivity contribution in [2.24, 2.45) is 11.8 Å². The molecule has 0 unspecified atom stereocenters. The van der Waals surface area contributed by atoms with Crippen molar-refractivity contribution < 1.29 is 8.42 Å². The van der Waals surface area contributed by atoms with E-state index in [0.29, 0.717) is 34.8 Å². The summed E-state index contributed by atoms with van der Waals surface area (Å²) >= 11 is 5.44. The van der Waals surface area contributed by atoms with E-state index < -0.39 is 10.0 Å². The third-order valence-electron chi connectivity index (χ3n) is 5.49. The Morgan fingerprint density at radius 2 is 2.00 bits per heavy atom. The van der Waals surface area contributed by atoms with Crippen LogP contribution in [0.2, 0.25) is 0 Å². The molecule has 3 atom stereocenters. The summed E-state index contributed by atoms with van der Waals surface area (Å²) < 4.78 is 26.8. The summed E-state index contributed by atoms with van der Waals surface area (Å²) in [4.78, 5) is 0.295. The van der Waals surface area contributed by atoms with E-state index >= 15 is 0 Å². The van der Waals surface area contributed by atoms with Crippen molar-refractivity contribution >= 4 is 33.0 Å². The molecule has 0 radical (unpaired) electrons. The van der Waals surface area contributed by atoms with Gasteiger partial charge in [0, 0.05) is 24.8 Å². The lowest BCUT2D eigenvalue weighted by molar-refractivity contribution is 0.392. The fourth-order valence-electron chi connectivity index (χ4n) is 4.20. The van der Waals surface area contributed by atoms with Crippen LogP contribution in [0.25, 0.3) is 0 Å². The zero-order valence-electron chi connectivity index (χ0n) is 14.9. The number of anilines is 1. The van der Waals surface area contributed by atoms with Crippen LogP contribution in [0, 0.1) is 11.8 Å². The molecular formula is C18H27N3O2S2. The molecule has 1 aromatic carbocycles. The lowest BCUT2D eigenvalue weighted by Crippen LogP contribution is -2.40. The molecule has 0 amide bonds. The Morgan fingerprint density at radius 1 is 1.24 bits per heavy atom. The summed E-state index contributed by atoms with van der Waals surface area (Å²) in [6, 6.07) is 7.34. The van der Waals surface area contributed by atoms with Crippen molar-refractivity contribution in [2.75, 3.05) is 18.4 Å². The van der Waals surface area contributed by atoms with Crippen molar-refractivity contribution in [1.29, 1.82) is 0 Å². The maximum Gasteiger partial charge on any atom is 0.243 e. The first kappa shape index (κ1) is 18.6. The standard InChI is InChI=1S/C18H27N3O2S2/c1-3-21(4-2)25(22,23)16-7-5-6-15(12-16)19-18(24)20-17-11-13-8-9-14(17)10-13/h5-7,12-14,17H,3-4,8-11H2,1-2H3,(H2,19,20,24)/t13-,14-,17+/m0/s1. The third-order valence-corrected chi connectivity index (χ3v) is 7.76. The maximum atomic E-state index is 12.6. The van der Waals surface area contributed by atoms with Crippen LogP contribution in [0.5, 0.6) is 0 Å². The highest BCUT2D eigenvalue weighted by Crippen LogP contribution is 2.44. The monoisotopic (exact) mass is 381 g/mol. The molecule has 2 fully saturated rings. The van der Waals surface area contributed by atoms with Crippen molar-refractivity contribution in [1.82, 2.24) is 9.62 Å². The molecule has 0 heterocycles. The van der Waals surface area contributed by atoms with Gasteiger partial charge in [0.05, 0.1) is 4.90 Å². The van der Waals surface area contributed by atoms with Gasteiger partial charge in [0.15, 0.2) is 5.11 Å². The normalized spacial score (nSPS) is 25.3. The lowest BCUT2D eigenvalue weighted by atomic mass is 9.96. The number of sulfonamides is 1. The molecule has 0 aromatic heterocycles. The highest BCUT2D eigenvalue weighted by atomic mass is 32.2. The van der Waals surface area contributed by atoms with Gasteiger partial charge in [-0.05, 0) is 61.5 Å². The van der Waals surface area contributed by atoms with Crippen molar-refractivity contribution in [2.45, 2.75) is 50.5 Å². The van der Waals surface area contributed by atoms with Crippen LogP contribution in [0.15, 0.2) is 29.2 Å². The molecule has 0 spiro atoms. The molecule has 7 heteroatoms. The Bertz CT molecular complexity index is 732. The lowest BCUT2D eigenvalue weighted by Gasteiger charge is -2.24. The summed E-state index contributed by atoms with van der Waals surface area (Å²) in [6.07, 6.45) is 5.16. The smallest absolute Gasteiger partial charge is 0.243 e. The minimum atomic E-state index is -3.46. The number of thiocarbonyl (C=S) groups is 1. The van der Waals surface area contributed by atoms with Crippen LogP contribution >= 0.6 is 12.2 Å². The van der Waals surface area contributed by atoms with Crippen LogP contribution in [0.1, 0.15) is 39.5 Å². The van der Waals surface area contributed by atoms with Gasteiger partial charge in [-0.3, -0.25) is 0 Å². The van der Waals surface area contributed by atoms with Crippen LogP contribution in [0.4, 0.5) is 5.69 Å². The topological polar surface area (TPSA) is 61.4 Å². The molecule has 2 aliphatic carbocycles. The second kappa shape index (κ2) is 7.60. The van der Waals surface area contributed by atoms with Gasteiger partial charge >= 0.3 is 0 Å². The average molecular weight is 382 g/mol. The van der Waals surface area contributed by atoms with Gasteiger partial charge in [-0.15, -0.1) is 0 Å². The fraction of sp³-hybridized carbons (Fsp3) is 0.611. The zero-order chi connectivity index (χ0) is 18.0. The molecule has 138 valence electrons. The third kappa shape index (κ3) is 3.99. The number of rotatable bonds is 6. The van der Waals surface area contributed by atoms with Gasteiger partial charge in [0.1, 0.15) is 0 Å². The minimum Gasteiger partial charge on any atom is -0.359 e. The fourth-order valence-corrected chi connectivity index (χ4v) is 5.98. The van der Waals surface area contributed by atoms with E-state index in [0.717, 1.165) is 11.8 Å². The molecule has 2 saturated carbocycles. The van der Waals surface area contributed by atoms with Crippen molar-refractivity contribution in [3.63, 3.8) is 0 Å². The summed E-state index contributed by atoms with van der Waals surface area (Å²) in [7, 11) is -3.46. The number of hydrogen-bond acceptors (Lipinski definition) is 3. The maximum absolute atomic E-state index is 12.6. The Balaban J connectivity index is 1.66. The number of hydrogen-bond donors (Lipinski definition) is 2. The average Bonchev–Trinajstić information content (AvgIpc) is 3.18. The first-order valence-electron chi connectivity index (χ1n) is 9.11. The summed E-state index contributed by atoms with van der Waals surface area (Å²) in [6.45, 7) is 4.61. The van der Waals surface area contributed by atoms with E-state index in [-0.39, 0.29) is 0 Å². The SMILES string of the molecule is CCN(CC)S(=O)(=O)c1cccc(NC(=S)N[C@@H]2C[C@H]3CC[C@H]2C3)c1. The van der Waals surface area contributed by atoms with Gasteiger partial charge in [-0.2, -0.15) is 4.31 Å². The summed E-state index contributed by atoms with van der Waals surface area (Å²) in [5.74, 6) is 1.59. The molecule has 3 rings (SSSR count). The second-order valence-electron chi connectivity index (χ2n) is 7.00. The quantitative estimate of drug-likeness (QED) is 0.741. The molecule has 1 aromatic rings. The van der Waals surface area contributed by atoms with E-state index in [4.69, 9.17) is 12.2 Å². The van der Waals surface area contributed by atoms with Crippen LogP contribution < -0.4 is 10.6 Å². The first-order chi connectivity index (χ1) is 11.9. The Hall–Kier alpha value is -1.18. The van der Waals surface area contributed by atoms with Gasteiger partial charge in [-0.25, -0.2) is 8.42 Å². The van der Waals surface area contributed by atoms with Crippen LogP contribution in [0.3, 0.4) is 0 Å². The molecule has 2 aliphatic rings. The van der Waals surface area contributed by atoms with Gasteiger partial charge < -0.3 is 10.6 Å². The summed E-state index contributed by atoms with van der Waals surface area (Å²) in [5.41, 5.74) is 0.703. The second-order valence-corrected chi connectivity index (χ2v) is 9.34. The first-order valence-corrected chi connectivity index (χ1v) is 11.0. The van der Waals surface area contributed by atoms with Gasteiger partial charge in [0.25, 0.3) is 0 Å². The summed E-state index contributed by atoms with van der Waals surface area (Å²) in [5, 5.41) is 7.15. The highest BCUT2D eigenvalue weighted by molar-refractivity contribution is 7.89. The number of fused-ring (bicyclic) bond motifs is 2. The van der Waals surface area contributed by atoms with Crippen molar-refractivity contribution in [3.05, 3.63) is 24.3 Å². The van der Waals surface area contributed by atoms with E-state index in [9.17, 15) is 8.42 Å². The predicted molar refractivity (Wildman–Crippen MR) is 105 cm³/mol. The molecule has 5 nitrogen and oxygen atoms in total. The number of nitrogens with one attached hydrogen (secondary N) is 2. The van der Waals surface area contributed by atoms with E-state index in [1.807, 2.05) is 19.9 Å². The van der Waals surface area contributed by atoms with E-state index in [1.165, 1.54) is 30.0 Å². The minimum absolute atomic E-state index is 0.295. The molecule has 25 heavy (non-hydrogen) atoms. The largest absolute Gasteiger partial charge is 0.359 e. The Kier molecular flexibility index (Phi) is 5.65. The molecular weight excluding hydrogens is 354 g/mol. The van der Waals surface area contributed by atoms with Gasteiger partial charge in [0.2, 0.25) is 10.0 Å². The van der Waals surface area contributed by atoms with Gasteiger partial charge in [-0.1, -0.05) is 26.3 Å². The number of benzene rings is 1. The Morgan fingerprint density at radius 3 is 2.60 bits per heavy atom. The van der Waals surface area contributed by atoms with Crippen molar-refractivity contribution in [3.8, 4) is 0 Å². The molecule has 2 bridgehead atoms. The predicted octanol–water partition coefficient (Wildman–Crippen LogP) is 3.19. The van der Waals surface area contributed by atoms with E-state index in [1.54, 1.807) is 18.2 Å². The van der Waals surface area contributed by atoms with Crippen LogP contribution in [-0.2, 0) is 10.0 Å². The molecule has 0 saturated heterocycles. The van der Waals surface area contributed by atoms with Crippen LogP contribution in [-0.4, -0.2) is 37.0 Å². The van der Waals surface area contributed by atoms with E-state index in [2.05, 4.69) is 10.6 Å². The number of nitrogens with zero attached hydrogens (tertiary/aromatic N) is 1.